The third-order valence-electron chi connectivity index (χ3n) is 3.30. The normalized spacial score (nSPS) is 22.8. The van der Waals surface area contributed by atoms with Crippen molar-refractivity contribution in [3.05, 3.63) is 14.7 Å². The minimum atomic E-state index is -3.46. The van der Waals surface area contributed by atoms with Crippen molar-refractivity contribution in [2.24, 2.45) is 0 Å². The van der Waals surface area contributed by atoms with Crippen LogP contribution in [0.1, 0.15) is 24.6 Å². The van der Waals surface area contributed by atoms with E-state index >= 15 is 0 Å². The van der Waals surface area contributed by atoms with Gasteiger partial charge in [0.15, 0.2) is 0 Å². The maximum atomic E-state index is 12.3. The molecule has 0 radical (unpaired) electrons. The third kappa shape index (κ3) is 3.80. The summed E-state index contributed by atoms with van der Waals surface area (Å²) in [7, 11) is -1.81. The Morgan fingerprint density at radius 2 is 2.20 bits per heavy atom. The van der Waals surface area contributed by atoms with Crippen LogP contribution in [0.3, 0.4) is 0 Å². The largest absolute Gasteiger partial charge is 0.381 e. The zero-order valence-electron chi connectivity index (χ0n) is 11.5. The van der Waals surface area contributed by atoms with E-state index in [1.807, 2.05) is 6.92 Å². The Morgan fingerprint density at radius 3 is 2.80 bits per heavy atom. The molecule has 1 aliphatic rings. The Bertz CT molecular complexity index is 553. The second-order valence-corrected chi connectivity index (χ2v) is 8.92. The zero-order chi connectivity index (χ0) is 14.8. The van der Waals surface area contributed by atoms with Gasteiger partial charge in [-0.2, -0.15) is 0 Å². The molecule has 5 nitrogen and oxygen atoms in total. The Balaban J connectivity index is 2.03. The van der Waals surface area contributed by atoms with Gasteiger partial charge < -0.3 is 10.1 Å². The summed E-state index contributed by atoms with van der Waals surface area (Å²) >= 11 is 4.80. The molecule has 0 unspecified atom stereocenters. The van der Waals surface area contributed by atoms with Crippen molar-refractivity contribution in [1.29, 1.82) is 0 Å². The number of ether oxygens (including phenoxy) is 1. The molecular weight excluding hydrogens is 364 g/mol. The van der Waals surface area contributed by atoms with E-state index in [9.17, 15) is 8.42 Å². The van der Waals surface area contributed by atoms with E-state index in [-0.39, 0.29) is 12.1 Å². The first kappa shape index (κ1) is 16.4. The average Bonchev–Trinajstić information content (AvgIpc) is 2.73. The number of nitrogens with one attached hydrogen (secondary N) is 2. The van der Waals surface area contributed by atoms with E-state index < -0.39 is 10.0 Å². The molecule has 1 aliphatic carbocycles. The van der Waals surface area contributed by atoms with Gasteiger partial charge in [-0.3, -0.25) is 0 Å². The molecule has 0 amide bonds. The summed E-state index contributed by atoms with van der Waals surface area (Å²) in [5.74, 6) is 0. The Morgan fingerprint density at radius 1 is 1.50 bits per heavy atom. The molecule has 0 saturated heterocycles. The second kappa shape index (κ2) is 6.85. The fourth-order valence-electron chi connectivity index (χ4n) is 2.05. The molecule has 1 aromatic rings. The fourth-order valence-corrected chi connectivity index (χ4v) is 5.97. The highest BCUT2D eigenvalue weighted by atomic mass is 79.9. The number of halogens is 1. The van der Waals surface area contributed by atoms with Gasteiger partial charge in [0.2, 0.25) is 10.0 Å². The second-order valence-electron chi connectivity index (χ2n) is 4.78. The van der Waals surface area contributed by atoms with Gasteiger partial charge in [-0.05, 0) is 41.4 Å². The predicted octanol–water partition coefficient (Wildman–Crippen LogP) is 2.08. The van der Waals surface area contributed by atoms with Crippen molar-refractivity contribution in [1.82, 2.24) is 10.0 Å². The standard InChI is InChI=1S/C12H19BrN2O3S2/c1-3-14-7-10-6-11(12(13)19-10)20(16,17)15-8-4-9(5-8)18-2/h6,8-9,14-15H,3-5,7H2,1-2H3. The van der Waals surface area contributed by atoms with E-state index in [1.165, 1.54) is 11.3 Å². The first-order valence-corrected chi connectivity index (χ1v) is 9.59. The lowest BCUT2D eigenvalue weighted by atomic mass is 9.90. The Hall–Kier alpha value is 0.01000. The molecule has 1 saturated carbocycles. The van der Waals surface area contributed by atoms with E-state index in [1.54, 1.807) is 13.2 Å². The molecule has 1 fully saturated rings. The van der Waals surface area contributed by atoms with Crippen LogP contribution in [0.4, 0.5) is 0 Å². The average molecular weight is 383 g/mol. The first-order chi connectivity index (χ1) is 9.46. The van der Waals surface area contributed by atoms with Crippen LogP contribution < -0.4 is 10.0 Å². The molecule has 114 valence electrons. The van der Waals surface area contributed by atoms with Crippen LogP contribution in [0.25, 0.3) is 0 Å². The van der Waals surface area contributed by atoms with E-state index in [2.05, 4.69) is 26.0 Å². The molecule has 0 aromatic carbocycles. The fraction of sp³-hybridized carbons (Fsp3) is 0.667. The summed E-state index contributed by atoms with van der Waals surface area (Å²) in [4.78, 5) is 1.33. The quantitative estimate of drug-likeness (QED) is 0.757. The van der Waals surface area contributed by atoms with Crippen LogP contribution in [-0.2, 0) is 21.3 Å². The van der Waals surface area contributed by atoms with Crippen LogP contribution in [0, 0.1) is 0 Å². The van der Waals surface area contributed by atoms with Crippen LogP contribution in [0.5, 0.6) is 0 Å². The minimum absolute atomic E-state index is 0.0195. The van der Waals surface area contributed by atoms with Crippen molar-refractivity contribution < 1.29 is 13.2 Å². The molecule has 20 heavy (non-hydrogen) atoms. The maximum absolute atomic E-state index is 12.3. The lowest BCUT2D eigenvalue weighted by Crippen LogP contribution is -2.47. The maximum Gasteiger partial charge on any atom is 0.242 e. The van der Waals surface area contributed by atoms with Crippen molar-refractivity contribution in [3.8, 4) is 0 Å². The van der Waals surface area contributed by atoms with E-state index in [0.29, 0.717) is 15.2 Å². The van der Waals surface area contributed by atoms with E-state index in [0.717, 1.165) is 24.3 Å². The highest BCUT2D eigenvalue weighted by molar-refractivity contribution is 9.11. The molecule has 8 heteroatoms. The molecule has 0 bridgehead atoms. The lowest BCUT2D eigenvalue weighted by Gasteiger charge is -2.34. The minimum Gasteiger partial charge on any atom is -0.381 e. The highest BCUT2D eigenvalue weighted by Crippen LogP contribution is 2.33. The highest BCUT2D eigenvalue weighted by Gasteiger charge is 2.33. The van der Waals surface area contributed by atoms with Crippen LogP contribution >= 0.6 is 27.3 Å². The van der Waals surface area contributed by atoms with Crippen LogP contribution in [0.2, 0.25) is 0 Å². The van der Waals surface area contributed by atoms with Crippen molar-refractivity contribution in [2.75, 3.05) is 13.7 Å². The number of sulfonamides is 1. The van der Waals surface area contributed by atoms with Gasteiger partial charge in [-0.25, -0.2) is 13.1 Å². The van der Waals surface area contributed by atoms with Gasteiger partial charge >= 0.3 is 0 Å². The molecule has 1 heterocycles. The van der Waals surface area contributed by atoms with Gasteiger partial charge in [0.05, 0.1) is 9.89 Å². The van der Waals surface area contributed by atoms with Gasteiger partial charge in [0.1, 0.15) is 4.90 Å². The van der Waals surface area contributed by atoms with Gasteiger partial charge in [-0.15, -0.1) is 11.3 Å². The van der Waals surface area contributed by atoms with Gasteiger partial charge in [0, 0.05) is 24.6 Å². The molecule has 0 atom stereocenters. The monoisotopic (exact) mass is 382 g/mol. The smallest absolute Gasteiger partial charge is 0.242 e. The summed E-state index contributed by atoms with van der Waals surface area (Å²) in [5, 5.41) is 3.19. The number of hydrogen-bond acceptors (Lipinski definition) is 5. The lowest BCUT2D eigenvalue weighted by molar-refractivity contribution is 0.0236. The van der Waals surface area contributed by atoms with Gasteiger partial charge in [0.25, 0.3) is 0 Å². The molecule has 0 spiro atoms. The molecule has 2 N–H and O–H groups in total. The Kier molecular flexibility index (Phi) is 5.61. The molecule has 0 aliphatic heterocycles. The summed E-state index contributed by atoms with van der Waals surface area (Å²) in [5.41, 5.74) is 0. The molecule has 1 aromatic heterocycles. The molecule has 2 rings (SSSR count). The summed E-state index contributed by atoms with van der Waals surface area (Å²) in [6.07, 6.45) is 1.65. The summed E-state index contributed by atoms with van der Waals surface area (Å²) < 4.78 is 33.2. The third-order valence-corrected chi connectivity index (χ3v) is 7.07. The number of hydrogen-bond donors (Lipinski definition) is 2. The topological polar surface area (TPSA) is 67.4 Å². The van der Waals surface area contributed by atoms with Crippen molar-refractivity contribution >= 4 is 37.3 Å². The van der Waals surface area contributed by atoms with Crippen molar-refractivity contribution in [3.63, 3.8) is 0 Å². The van der Waals surface area contributed by atoms with Crippen LogP contribution in [-0.4, -0.2) is 34.2 Å². The molecular formula is C12H19BrN2O3S2. The zero-order valence-corrected chi connectivity index (χ0v) is 14.7. The first-order valence-electron chi connectivity index (χ1n) is 6.50. The van der Waals surface area contributed by atoms with E-state index in [4.69, 9.17) is 4.74 Å². The van der Waals surface area contributed by atoms with Crippen molar-refractivity contribution in [2.45, 2.75) is 43.4 Å². The number of rotatable bonds is 7. The summed E-state index contributed by atoms with van der Waals surface area (Å²) in [6, 6.07) is 1.71. The van der Waals surface area contributed by atoms with Crippen LogP contribution in [0.15, 0.2) is 14.7 Å². The predicted molar refractivity (Wildman–Crippen MR) is 83.5 cm³/mol. The number of methoxy groups -OCH3 is 1. The SMILES string of the molecule is CCNCc1cc(S(=O)(=O)NC2CC(OC)C2)c(Br)s1. The summed E-state index contributed by atoms with van der Waals surface area (Å²) in [6.45, 7) is 3.56. The number of thiophene rings is 1. The van der Waals surface area contributed by atoms with Gasteiger partial charge in [-0.1, -0.05) is 6.92 Å². The Labute approximate surface area is 132 Å².